The first kappa shape index (κ1) is 10.2. The van der Waals surface area contributed by atoms with Crippen LogP contribution in [0.1, 0.15) is 11.3 Å². The lowest BCUT2D eigenvalue weighted by atomic mass is 10.0. The molecule has 15 heavy (non-hydrogen) atoms. The summed E-state index contributed by atoms with van der Waals surface area (Å²) < 4.78 is 0. The van der Waals surface area contributed by atoms with Crippen molar-refractivity contribution in [1.29, 1.82) is 0 Å². The number of hydrogen-bond acceptors (Lipinski definition) is 1. The molecule has 1 aromatic carbocycles. The fraction of sp³-hybridized carbons (Fsp3) is 0.154. The predicted molar refractivity (Wildman–Crippen MR) is 64.2 cm³/mol. The molecule has 0 aliphatic carbocycles. The summed E-state index contributed by atoms with van der Waals surface area (Å²) in [4.78, 5) is 4.28. The summed E-state index contributed by atoms with van der Waals surface area (Å²) in [6.07, 6.45) is 1.88. The number of halogens is 1. The van der Waals surface area contributed by atoms with Crippen LogP contribution in [0, 0.1) is 13.8 Å². The molecule has 0 amide bonds. The standard InChI is InChI=1S/C13H12ClN/c1-9-6-7-11(8-15-9)12-4-3-5-13(14)10(12)2/h3-8H,1-2H3. The summed E-state index contributed by atoms with van der Waals surface area (Å²) in [5, 5.41) is 0.799. The van der Waals surface area contributed by atoms with Gasteiger partial charge in [-0.15, -0.1) is 0 Å². The fourth-order valence-corrected chi connectivity index (χ4v) is 1.72. The van der Waals surface area contributed by atoms with Gasteiger partial charge in [-0.3, -0.25) is 4.98 Å². The average Bonchev–Trinajstić information content (AvgIpc) is 2.24. The number of pyridine rings is 1. The molecule has 0 spiro atoms. The zero-order chi connectivity index (χ0) is 10.8. The van der Waals surface area contributed by atoms with Gasteiger partial charge in [-0.1, -0.05) is 29.8 Å². The number of hydrogen-bond donors (Lipinski definition) is 0. The average molecular weight is 218 g/mol. The Morgan fingerprint density at radius 3 is 2.53 bits per heavy atom. The van der Waals surface area contributed by atoms with Crippen LogP contribution in [0.3, 0.4) is 0 Å². The van der Waals surface area contributed by atoms with Crippen LogP contribution < -0.4 is 0 Å². The molecule has 0 aliphatic rings. The molecule has 0 saturated heterocycles. The van der Waals surface area contributed by atoms with Crippen molar-refractivity contribution >= 4 is 11.6 Å². The zero-order valence-corrected chi connectivity index (χ0v) is 9.55. The van der Waals surface area contributed by atoms with E-state index in [0.717, 1.165) is 27.4 Å². The quantitative estimate of drug-likeness (QED) is 0.703. The van der Waals surface area contributed by atoms with Gasteiger partial charge in [0, 0.05) is 22.5 Å². The Morgan fingerprint density at radius 2 is 1.87 bits per heavy atom. The number of rotatable bonds is 1. The normalized spacial score (nSPS) is 10.3. The molecule has 0 fully saturated rings. The molecule has 0 saturated carbocycles. The van der Waals surface area contributed by atoms with Crippen LogP contribution in [0.25, 0.3) is 11.1 Å². The molecule has 0 radical (unpaired) electrons. The van der Waals surface area contributed by atoms with Gasteiger partial charge in [-0.25, -0.2) is 0 Å². The van der Waals surface area contributed by atoms with E-state index in [0.29, 0.717) is 0 Å². The van der Waals surface area contributed by atoms with E-state index >= 15 is 0 Å². The van der Waals surface area contributed by atoms with Crippen LogP contribution in [0.4, 0.5) is 0 Å². The molecule has 0 aliphatic heterocycles. The lowest BCUT2D eigenvalue weighted by molar-refractivity contribution is 1.20. The molecule has 1 aromatic heterocycles. The van der Waals surface area contributed by atoms with Crippen molar-refractivity contribution in [3.8, 4) is 11.1 Å². The number of nitrogens with zero attached hydrogens (tertiary/aromatic N) is 1. The molecule has 0 unspecified atom stereocenters. The van der Waals surface area contributed by atoms with Gasteiger partial charge in [0.25, 0.3) is 0 Å². The van der Waals surface area contributed by atoms with Crippen molar-refractivity contribution in [2.24, 2.45) is 0 Å². The molecule has 1 heterocycles. The van der Waals surface area contributed by atoms with E-state index in [1.807, 2.05) is 38.2 Å². The van der Waals surface area contributed by atoms with Crippen LogP contribution in [-0.2, 0) is 0 Å². The molecule has 0 atom stereocenters. The van der Waals surface area contributed by atoms with Crippen molar-refractivity contribution in [1.82, 2.24) is 4.98 Å². The SMILES string of the molecule is Cc1ccc(-c2cccc(Cl)c2C)cn1. The van der Waals surface area contributed by atoms with Crippen LogP contribution in [0.15, 0.2) is 36.5 Å². The summed E-state index contributed by atoms with van der Waals surface area (Å²) in [5.74, 6) is 0. The monoisotopic (exact) mass is 217 g/mol. The topological polar surface area (TPSA) is 12.9 Å². The van der Waals surface area contributed by atoms with Gasteiger partial charge in [0.05, 0.1) is 0 Å². The highest BCUT2D eigenvalue weighted by Crippen LogP contribution is 2.27. The fourth-order valence-electron chi connectivity index (χ4n) is 1.55. The first-order chi connectivity index (χ1) is 7.18. The summed E-state index contributed by atoms with van der Waals surface area (Å²) in [6.45, 7) is 4.01. The second-order valence-corrected chi connectivity index (χ2v) is 4.01. The molecule has 2 heteroatoms. The third-order valence-electron chi connectivity index (χ3n) is 2.49. The van der Waals surface area contributed by atoms with Crippen LogP contribution in [-0.4, -0.2) is 4.98 Å². The number of benzene rings is 1. The minimum atomic E-state index is 0.799. The van der Waals surface area contributed by atoms with Gasteiger partial charge >= 0.3 is 0 Å². The van der Waals surface area contributed by atoms with Gasteiger partial charge < -0.3 is 0 Å². The molecule has 76 valence electrons. The lowest BCUT2D eigenvalue weighted by Crippen LogP contribution is -1.86. The molecule has 0 N–H and O–H groups in total. The maximum absolute atomic E-state index is 6.07. The highest BCUT2D eigenvalue weighted by Gasteiger charge is 2.04. The van der Waals surface area contributed by atoms with Gasteiger partial charge in [0.1, 0.15) is 0 Å². The maximum Gasteiger partial charge on any atom is 0.0441 e. The van der Waals surface area contributed by atoms with Crippen molar-refractivity contribution < 1.29 is 0 Å². The summed E-state index contributed by atoms with van der Waals surface area (Å²) in [6, 6.07) is 10.0. The van der Waals surface area contributed by atoms with Crippen molar-refractivity contribution in [3.63, 3.8) is 0 Å². The van der Waals surface area contributed by atoms with Gasteiger partial charge in [-0.2, -0.15) is 0 Å². The molecule has 0 bridgehead atoms. The van der Waals surface area contributed by atoms with E-state index in [1.54, 1.807) is 0 Å². The Labute approximate surface area is 94.7 Å². The second-order valence-electron chi connectivity index (χ2n) is 3.60. The van der Waals surface area contributed by atoms with E-state index in [4.69, 9.17) is 11.6 Å². The van der Waals surface area contributed by atoms with Crippen LogP contribution >= 0.6 is 11.6 Å². The Kier molecular flexibility index (Phi) is 2.74. The Morgan fingerprint density at radius 1 is 1.07 bits per heavy atom. The number of aromatic nitrogens is 1. The van der Waals surface area contributed by atoms with Crippen LogP contribution in [0.2, 0.25) is 5.02 Å². The van der Waals surface area contributed by atoms with Crippen LogP contribution in [0.5, 0.6) is 0 Å². The first-order valence-corrected chi connectivity index (χ1v) is 5.24. The zero-order valence-electron chi connectivity index (χ0n) is 8.79. The molecule has 1 nitrogen and oxygen atoms in total. The smallest absolute Gasteiger partial charge is 0.0441 e. The second kappa shape index (κ2) is 4.03. The van der Waals surface area contributed by atoms with E-state index < -0.39 is 0 Å². The van der Waals surface area contributed by atoms with E-state index in [-0.39, 0.29) is 0 Å². The first-order valence-electron chi connectivity index (χ1n) is 4.86. The Hall–Kier alpha value is -1.34. The van der Waals surface area contributed by atoms with Crippen molar-refractivity contribution in [2.75, 3.05) is 0 Å². The minimum Gasteiger partial charge on any atom is -0.261 e. The predicted octanol–water partition coefficient (Wildman–Crippen LogP) is 4.02. The highest BCUT2D eigenvalue weighted by molar-refractivity contribution is 6.31. The summed E-state index contributed by atoms with van der Waals surface area (Å²) in [5.41, 5.74) is 4.39. The highest BCUT2D eigenvalue weighted by atomic mass is 35.5. The Bertz CT molecular complexity index is 474. The van der Waals surface area contributed by atoms with Gasteiger partial charge in [-0.05, 0) is 37.1 Å². The van der Waals surface area contributed by atoms with Crippen molar-refractivity contribution in [3.05, 3.63) is 52.8 Å². The molecule has 2 aromatic rings. The molecular weight excluding hydrogens is 206 g/mol. The Balaban J connectivity index is 2.54. The minimum absolute atomic E-state index is 0.799. The lowest BCUT2D eigenvalue weighted by Gasteiger charge is -2.07. The maximum atomic E-state index is 6.07. The van der Waals surface area contributed by atoms with E-state index in [9.17, 15) is 0 Å². The molecule has 2 rings (SSSR count). The summed E-state index contributed by atoms with van der Waals surface area (Å²) >= 11 is 6.07. The largest absolute Gasteiger partial charge is 0.261 e. The third-order valence-corrected chi connectivity index (χ3v) is 2.90. The third kappa shape index (κ3) is 2.02. The molecular formula is C13H12ClN. The van der Waals surface area contributed by atoms with E-state index in [1.165, 1.54) is 0 Å². The van der Waals surface area contributed by atoms with Crippen molar-refractivity contribution in [2.45, 2.75) is 13.8 Å². The van der Waals surface area contributed by atoms with Gasteiger partial charge in [0.2, 0.25) is 0 Å². The number of aryl methyl sites for hydroxylation is 1. The van der Waals surface area contributed by atoms with E-state index in [2.05, 4.69) is 17.1 Å². The van der Waals surface area contributed by atoms with Gasteiger partial charge in [0.15, 0.2) is 0 Å². The summed E-state index contributed by atoms with van der Waals surface area (Å²) in [7, 11) is 0.